The molecule has 2 aliphatic carbocycles. The summed E-state index contributed by atoms with van der Waals surface area (Å²) in [5, 5.41) is 0. The van der Waals surface area contributed by atoms with Crippen LogP contribution in [-0.4, -0.2) is 29.7 Å². The van der Waals surface area contributed by atoms with Crippen molar-refractivity contribution in [2.45, 2.75) is 50.5 Å². The van der Waals surface area contributed by atoms with E-state index < -0.39 is 16.9 Å². The van der Waals surface area contributed by atoms with Gasteiger partial charge in [-0.05, 0) is 37.3 Å². The third kappa shape index (κ3) is 1.77. The fourth-order valence-corrected chi connectivity index (χ4v) is 4.75. The number of carbonyl (C=O) groups is 1. The van der Waals surface area contributed by atoms with Crippen LogP contribution in [0, 0.1) is 12.3 Å². The van der Waals surface area contributed by atoms with E-state index in [1.165, 1.54) is 4.90 Å². The van der Waals surface area contributed by atoms with E-state index in [1.807, 2.05) is 25.1 Å². The Labute approximate surface area is 139 Å². The fourth-order valence-electron chi connectivity index (χ4n) is 4.75. The van der Waals surface area contributed by atoms with Crippen molar-refractivity contribution in [1.29, 1.82) is 0 Å². The third-order valence-corrected chi connectivity index (χ3v) is 6.13. The van der Waals surface area contributed by atoms with Crippen molar-refractivity contribution in [3.8, 4) is 0 Å². The molecule has 1 atom stereocenters. The molecule has 0 bridgehead atoms. The molecule has 4 rings (SSSR count). The minimum absolute atomic E-state index is 0.172. The van der Waals surface area contributed by atoms with Gasteiger partial charge in [0, 0.05) is 25.3 Å². The minimum atomic E-state index is -2.65. The fraction of sp³-hybridized carbons (Fsp3) is 0.556. The highest BCUT2D eigenvalue weighted by Gasteiger charge is 2.67. The average molecular weight is 333 g/mol. The lowest BCUT2D eigenvalue weighted by Crippen LogP contribution is -2.52. The molecule has 24 heavy (non-hydrogen) atoms. The van der Waals surface area contributed by atoms with Crippen LogP contribution in [0.1, 0.15) is 42.4 Å². The third-order valence-electron chi connectivity index (χ3n) is 6.13. The number of likely N-dealkylation sites (N-methyl/N-ethyl adjacent to an activating group) is 1. The molecule has 1 fully saturated rings. The van der Waals surface area contributed by atoms with Gasteiger partial charge in [-0.1, -0.05) is 23.8 Å². The van der Waals surface area contributed by atoms with E-state index in [4.69, 9.17) is 5.73 Å². The van der Waals surface area contributed by atoms with E-state index in [0.29, 0.717) is 6.42 Å². The summed E-state index contributed by atoms with van der Waals surface area (Å²) in [4.78, 5) is 19.2. The Morgan fingerprint density at radius 2 is 1.88 bits per heavy atom. The molecule has 6 heteroatoms. The zero-order valence-electron chi connectivity index (χ0n) is 13.9. The van der Waals surface area contributed by atoms with Gasteiger partial charge >= 0.3 is 0 Å². The molecule has 2 spiro atoms. The lowest BCUT2D eigenvalue weighted by Gasteiger charge is -2.45. The van der Waals surface area contributed by atoms with E-state index in [2.05, 4.69) is 4.99 Å². The number of nitrogens with zero attached hydrogens (tertiary/aromatic N) is 2. The van der Waals surface area contributed by atoms with Crippen molar-refractivity contribution in [2.75, 3.05) is 7.05 Å². The van der Waals surface area contributed by atoms with E-state index in [0.717, 1.165) is 16.7 Å². The Kier molecular flexibility index (Phi) is 2.95. The van der Waals surface area contributed by atoms with Crippen molar-refractivity contribution < 1.29 is 13.6 Å². The minimum Gasteiger partial charge on any atom is -0.369 e. The summed E-state index contributed by atoms with van der Waals surface area (Å²) in [5.41, 5.74) is 7.15. The van der Waals surface area contributed by atoms with Crippen LogP contribution in [0.3, 0.4) is 0 Å². The Hall–Kier alpha value is -1.98. The number of aliphatic imine (C=N–C) groups is 1. The van der Waals surface area contributed by atoms with E-state index >= 15 is 0 Å². The smallest absolute Gasteiger partial charge is 0.262 e. The predicted molar refractivity (Wildman–Crippen MR) is 86.8 cm³/mol. The van der Waals surface area contributed by atoms with Gasteiger partial charge in [-0.3, -0.25) is 9.69 Å². The second-order valence-electron chi connectivity index (χ2n) is 7.52. The summed E-state index contributed by atoms with van der Waals surface area (Å²) in [7, 11) is 1.61. The van der Waals surface area contributed by atoms with Crippen molar-refractivity contribution in [3.05, 3.63) is 34.9 Å². The van der Waals surface area contributed by atoms with Crippen LogP contribution in [0.2, 0.25) is 0 Å². The largest absolute Gasteiger partial charge is 0.369 e. The molecule has 1 heterocycles. The number of carbonyl (C=O) groups excluding carboxylic acids is 1. The monoisotopic (exact) mass is 333 g/mol. The summed E-state index contributed by atoms with van der Waals surface area (Å²) >= 11 is 0. The standard InChI is InChI=1S/C18H21F2N3O/c1-11-3-4-12-10-16(5-7-17(19,20)8-6-16)18(13(12)9-11)14(24)23(2)15(21)22-18/h3-4,9H,5-8,10H2,1-2H3,(H2,21,22). The summed E-state index contributed by atoms with van der Waals surface area (Å²) in [5.74, 6) is -2.67. The number of nitrogens with two attached hydrogens (primary N) is 1. The number of halogens is 2. The first-order chi connectivity index (χ1) is 11.2. The molecule has 1 aromatic carbocycles. The highest BCUT2D eigenvalue weighted by atomic mass is 19.3. The predicted octanol–water partition coefficient (Wildman–Crippen LogP) is 2.73. The second kappa shape index (κ2) is 4.55. The maximum absolute atomic E-state index is 13.8. The normalized spacial score (nSPS) is 30.1. The lowest BCUT2D eigenvalue weighted by atomic mass is 9.61. The van der Waals surface area contributed by atoms with Gasteiger partial charge in [0.2, 0.25) is 5.92 Å². The molecule has 1 saturated carbocycles. The summed E-state index contributed by atoms with van der Waals surface area (Å²) in [6, 6.07) is 5.98. The number of benzene rings is 1. The lowest BCUT2D eigenvalue weighted by molar-refractivity contribution is -0.140. The van der Waals surface area contributed by atoms with Gasteiger partial charge in [-0.2, -0.15) is 0 Å². The van der Waals surface area contributed by atoms with Gasteiger partial charge in [0.05, 0.1) is 0 Å². The summed E-state index contributed by atoms with van der Waals surface area (Å²) in [6.07, 6.45) is 0.769. The highest BCUT2D eigenvalue weighted by Crippen LogP contribution is 2.63. The zero-order chi connectivity index (χ0) is 17.3. The number of rotatable bonds is 0. The van der Waals surface area contributed by atoms with Crippen molar-refractivity contribution in [2.24, 2.45) is 16.1 Å². The zero-order valence-corrected chi connectivity index (χ0v) is 13.9. The molecular formula is C18H21F2N3O. The summed E-state index contributed by atoms with van der Waals surface area (Å²) < 4.78 is 27.6. The van der Waals surface area contributed by atoms with Gasteiger partial charge in [0.25, 0.3) is 5.91 Å². The number of guanidine groups is 1. The van der Waals surface area contributed by atoms with Gasteiger partial charge in [-0.25, -0.2) is 13.8 Å². The van der Waals surface area contributed by atoms with E-state index in [-0.39, 0.29) is 37.6 Å². The molecule has 4 nitrogen and oxygen atoms in total. The Morgan fingerprint density at radius 1 is 1.21 bits per heavy atom. The van der Waals surface area contributed by atoms with Crippen LogP contribution < -0.4 is 5.73 Å². The number of alkyl halides is 2. The summed E-state index contributed by atoms with van der Waals surface area (Å²) in [6.45, 7) is 1.96. The quantitative estimate of drug-likeness (QED) is 0.794. The first-order valence-corrected chi connectivity index (χ1v) is 8.32. The first-order valence-electron chi connectivity index (χ1n) is 8.32. The number of aryl methyl sites for hydroxylation is 1. The average Bonchev–Trinajstić information content (AvgIpc) is 2.92. The Balaban J connectivity index is 1.92. The van der Waals surface area contributed by atoms with Gasteiger partial charge in [-0.15, -0.1) is 0 Å². The molecule has 1 aliphatic heterocycles. The SMILES string of the molecule is Cc1ccc2c(c1)C1(N=C(N)N(C)C1=O)C1(CCC(F)(F)CC1)C2. The molecule has 1 unspecified atom stereocenters. The number of hydrogen-bond acceptors (Lipinski definition) is 3. The Bertz CT molecular complexity index is 764. The Morgan fingerprint density at radius 3 is 2.46 bits per heavy atom. The number of amides is 1. The molecule has 0 radical (unpaired) electrons. The molecule has 128 valence electrons. The molecule has 3 aliphatic rings. The highest BCUT2D eigenvalue weighted by molar-refractivity contribution is 6.08. The molecule has 2 N–H and O–H groups in total. The molecule has 0 saturated heterocycles. The molecule has 1 aromatic rings. The van der Waals surface area contributed by atoms with Crippen LogP contribution in [0.15, 0.2) is 23.2 Å². The van der Waals surface area contributed by atoms with Crippen molar-refractivity contribution in [1.82, 2.24) is 4.90 Å². The maximum atomic E-state index is 13.8. The molecule has 0 aromatic heterocycles. The van der Waals surface area contributed by atoms with Crippen molar-refractivity contribution >= 4 is 11.9 Å². The van der Waals surface area contributed by atoms with E-state index in [1.54, 1.807) is 7.05 Å². The molecule has 1 amide bonds. The van der Waals surface area contributed by atoms with E-state index in [9.17, 15) is 13.6 Å². The maximum Gasteiger partial charge on any atom is 0.262 e. The number of fused-ring (bicyclic) bond motifs is 3. The van der Waals surface area contributed by atoms with Gasteiger partial charge in [0.15, 0.2) is 11.5 Å². The molecular weight excluding hydrogens is 312 g/mol. The second-order valence-corrected chi connectivity index (χ2v) is 7.52. The van der Waals surface area contributed by atoms with Crippen LogP contribution >= 0.6 is 0 Å². The van der Waals surface area contributed by atoms with Gasteiger partial charge in [0.1, 0.15) is 0 Å². The van der Waals surface area contributed by atoms with Crippen LogP contribution in [0.4, 0.5) is 8.78 Å². The topological polar surface area (TPSA) is 58.7 Å². The first kappa shape index (κ1) is 15.5. The van der Waals surface area contributed by atoms with Crippen molar-refractivity contribution in [3.63, 3.8) is 0 Å². The van der Waals surface area contributed by atoms with Gasteiger partial charge < -0.3 is 5.73 Å². The van der Waals surface area contributed by atoms with Crippen LogP contribution in [0.25, 0.3) is 0 Å². The number of hydrogen-bond donors (Lipinski definition) is 1. The van der Waals surface area contributed by atoms with Crippen LogP contribution in [0.5, 0.6) is 0 Å². The van der Waals surface area contributed by atoms with Crippen LogP contribution in [-0.2, 0) is 16.8 Å².